The summed E-state index contributed by atoms with van der Waals surface area (Å²) < 4.78 is 1.43. The number of thiazole rings is 1. The van der Waals surface area contributed by atoms with Crippen molar-refractivity contribution in [1.29, 1.82) is 0 Å². The van der Waals surface area contributed by atoms with Crippen LogP contribution in [0.25, 0.3) is 0 Å². The molecule has 0 aliphatic carbocycles. The highest BCUT2D eigenvalue weighted by Gasteiger charge is 2.20. The Morgan fingerprint density at radius 2 is 2.04 bits per heavy atom. The van der Waals surface area contributed by atoms with E-state index in [2.05, 4.69) is 36.4 Å². The topological polar surface area (TPSA) is 76.0 Å². The van der Waals surface area contributed by atoms with Crippen LogP contribution in [-0.2, 0) is 12.5 Å². The lowest BCUT2D eigenvalue weighted by Gasteiger charge is -2.16. The number of carbonyl (C=O) groups excluding carboxylic acids is 1. The SMILES string of the molecule is Cc1cc(=O)n(C)cc1NC(=O)N[C@H](C)c1nc(C(C)(C)C)cs1. The van der Waals surface area contributed by atoms with Gasteiger partial charge in [0, 0.05) is 30.1 Å². The normalized spacial score (nSPS) is 12.8. The van der Waals surface area contributed by atoms with E-state index in [-0.39, 0.29) is 23.0 Å². The summed E-state index contributed by atoms with van der Waals surface area (Å²) >= 11 is 1.54. The molecular formula is C17H24N4O2S. The minimum absolute atomic E-state index is 0.0112. The van der Waals surface area contributed by atoms with Gasteiger partial charge in [-0.3, -0.25) is 4.79 Å². The second kappa shape index (κ2) is 6.76. The molecule has 0 spiro atoms. The Morgan fingerprint density at radius 1 is 1.38 bits per heavy atom. The van der Waals surface area contributed by atoms with Gasteiger partial charge in [0.25, 0.3) is 5.56 Å². The van der Waals surface area contributed by atoms with E-state index in [9.17, 15) is 9.59 Å². The molecule has 0 aromatic carbocycles. The maximum absolute atomic E-state index is 12.2. The van der Waals surface area contributed by atoms with Crippen LogP contribution in [0, 0.1) is 6.92 Å². The second-order valence-corrected chi connectivity index (χ2v) is 7.85. The number of rotatable bonds is 3. The molecule has 0 aliphatic heterocycles. The van der Waals surface area contributed by atoms with Crippen LogP contribution < -0.4 is 16.2 Å². The molecule has 0 fully saturated rings. The molecule has 2 rings (SSSR count). The summed E-state index contributed by atoms with van der Waals surface area (Å²) in [7, 11) is 1.65. The second-order valence-electron chi connectivity index (χ2n) is 6.96. The Hall–Kier alpha value is -2.15. The van der Waals surface area contributed by atoms with Crippen LogP contribution in [0.15, 0.2) is 22.4 Å². The lowest BCUT2D eigenvalue weighted by molar-refractivity contribution is 0.249. The number of hydrogen-bond donors (Lipinski definition) is 2. The molecule has 2 aromatic rings. The predicted molar refractivity (Wildman–Crippen MR) is 97.8 cm³/mol. The van der Waals surface area contributed by atoms with Crippen molar-refractivity contribution >= 4 is 23.1 Å². The molecule has 2 amide bonds. The van der Waals surface area contributed by atoms with Gasteiger partial charge in [-0.05, 0) is 19.4 Å². The van der Waals surface area contributed by atoms with E-state index in [1.807, 2.05) is 12.3 Å². The first-order valence-corrected chi connectivity index (χ1v) is 8.66. The van der Waals surface area contributed by atoms with Crippen molar-refractivity contribution in [3.63, 3.8) is 0 Å². The summed E-state index contributed by atoms with van der Waals surface area (Å²) in [4.78, 5) is 28.4. The standard InChI is InChI=1S/C17H24N4O2S/c1-10-7-14(22)21(6)8-12(10)19-16(23)18-11(2)15-20-13(9-24-15)17(3,4)5/h7-9,11H,1-6H3,(H2,18,19,23)/t11-/m1/s1. The number of aryl methyl sites for hydroxylation is 2. The largest absolute Gasteiger partial charge is 0.329 e. The number of anilines is 1. The summed E-state index contributed by atoms with van der Waals surface area (Å²) in [6.07, 6.45) is 1.61. The molecule has 2 heterocycles. The lowest BCUT2D eigenvalue weighted by atomic mass is 9.93. The predicted octanol–water partition coefficient (Wildman–Crippen LogP) is 3.33. The average molecular weight is 348 g/mol. The number of nitrogens with zero attached hydrogens (tertiary/aromatic N) is 2. The molecule has 7 heteroatoms. The number of nitrogens with one attached hydrogen (secondary N) is 2. The first-order chi connectivity index (χ1) is 11.1. The highest BCUT2D eigenvalue weighted by atomic mass is 32.1. The van der Waals surface area contributed by atoms with Crippen LogP contribution in [0.3, 0.4) is 0 Å². The van der Waals surface area contributed by atoms with Gasteiger partial charge in [0.1, 0.15) is 5.01 Å². The van der Waals surface area contributed by atoms with Crippen LogP contribution >= 0.6 is 11.3 Å². The molecule has 0 saturated heterocycles. The van der Waals surface area contributed by atoms with Gasteiger partial charge in [0.2, 0.25) is 0 Å². The molecule has 2 N–H and O–H groups in total. The van der Waals surface area contributed by atoms with E-state index in [1.54, 1.807) is 31.5 Å². The van der Waals surface area contributed by atoms with Gasteiger partial charge in [-0.15, -0.1) is 11.3 Å². The summed E-state index contributed by atoms with van der Waals surface area (Å²) in [5.74, 6) is 0. The molecule has 0 saturated carbocycles. The molecule has 0 bridgehead atoms. The molecule has 0 radical (unpaired) electrons. The van der Waals surface area contributed by atoms with Crippen LogP contribution in [0.1, 0.15) is 50.0 Å². The fourth-order valence-corrected chi connectivity index (χ4v) is 3.16. The van der Waals surface area contributed by atoms with E-state index in [1.165, 1.54) is 10.6 Å². The maximum atomic E-state index is 12.2. The summed E-state index contributed by atoms with van der Waals surface area (Å²) in [5.41, 5.74) is 2.24. The van der Waals surface area contributed by atoms with Gasteiger partial charge in [0.15, 0.2) is 0 Å². The van der Waals surface area contributed by atoms with Crippen molar-refractivity contribution in [2.75, 3.05) is 5.32 Å². The van der Waals surface area contributed by atoms with Crippen LogP contribution in [0.5, 0.6) is 0 Å². The number of hydrogen-bond acceptors (Lipinski definition) is 4. The minimum atomic E-state index is -0.322. The van der Waals surface area contributed by atoms with Crippen molar-refractivity contribution in [3.05, 3.63) is 44.3 Å². The van der Waals surface area contributed by atoms with Crippen molar-refractivity contribution in [3.8, 4) is 0 Å². The van der Waals surface area contributed by atoms with Crippen molar-refractivity contribution in [1.82, 2.24) is 14.9 Å². The van der Waals surface area contributed by atoms with Crippen LogP contribution in [0.2, 0.25) is 0 Å². The van der Waals surface area contributed by atoms with Gasteiger partial charge in [-0.2, -0.15) is 0 Å². The number of amides is 2. The summed E-state index contributed by atoms with van der Waals surface area (Å²) in [6, 6.07) is 0.978. The third-order valence-corrected chi connectivity index (χ3v) is 4.72. The Labute approximate surface area is 145 Å². The number of urea groups is 1. The van der Waals surface area contributed by atoms with Gasteiger partial charge >= 0.3 is 6.03 Å². The van der Waals surface area contributed by atoms with E-state index < -0.39 is 0 Å². The summed E-state index contributed by atoms with van der Waals surface area (Å²) in [5, 5.41) is 8.56. The quantitative estimate of drug-likeness (QED) is 0.893. The van der Waals surface area contributed by atoms with Crippen LogP contribution in [-0.4, -0.2) is 15.6 Å². The molecule has 6 nitrogen and oxygen atoms in total. The molecule has 24 heavy (non-hydrogen) atoms. The third-order valence-electron chi connectivity index (χ3n) is 3.69. The highest BCUT2D eigenvalue weighted by molar-refractivity contribution is 7.09. The van der Waals surface area contributed by atoms with Crippen molar-refractivity contribution < 1.29 is 4.79 Å². The molecule has 130 valence electrons. The first-order valence-electron chi connectivity index (χ1n) is 7.78. The van der Waals surface area contributed by atoms with E-state index >= 15 is 0 Å². The van der Waals surface area contributed by atoms with Gasteiger partial charge in [0.05, 0.1) is 17.4 Å². The zero-order valence-corrected chi connectivity index (χ0v) is 15.7. The zero-order valence-electron chi connectivity index (χ0n) is 14.9. The zero-order chi connectivity index (χ0) is 18.1. The molecular weight excluding hydrogens is 324 g/mol. The highest BCUT2D eigenvalue weighted by Crippen LogP contribution is 2.26. The monoisotopic (exact) mass is 348 g/mol. The van der Waals surface area contributed by atoms with Crippen molar-refractivity contribution in [2.45, 2.75) is 46.1 Å². The molecule has 0 aliphatic rings. The smallest absolute Gasteiger partial charge is 0.319 e. The average Bonchev–Trinajstić information content (AvgIpc) is 2.94. The lowest BCUT2D eigenvalue weighted by Crippen LogP contribution is -2.32. The molecule has 2 aromatic heterocycles. The van der Waals surface area contributed by atoms with E-state index in [4.69, 9.17) is 0 Å². The maximum Gasteiger partial charge on any atom is 0.319 e. The van der Waals surface area contributed by atoms with Crippen LogP contribution in [0.4, 0.5) is 10.5 Å². The fraction of sp³-hybridized carbons (Fsp3) is 0.471. The van der Waals surface area contributed by atoms with E-state index in [0.717, 1.165) is 16.3 Å². The van der Waals surface area contributed by atoms with Gasteiger partial charge < -0.3 is 15.2 Å². The minimum Gasteiger partial charge on any atom is -0.329 e. The Bertz CT molecular complexity index is 802. The fourth-order valence-electron chi connectivity index (χ4n) is 2.10. The van der Waals surface area contributed by atoms with Gasteiger partial charge in [-0.25, -0.2) is 9.78 Å². The first kappa shape index (κ1) is 18.2. The van der Waals surface area contributed by atoms with Crippen molar-refractivity contribution in [2.24, 2.45) is 7.05 Å². The Kier molecular flexibility index (Phi) is 5.13. The number of pyridine rings is 1. The Balaban J connectivity index is 2.06. The number of carbonyl (C=O) groups is 1. The molecule has 1 atom stereocenters. The van der Waals surface area contributed by atoms with Gasteiger partial charge in [-0.1, -0.05) is 20.8 Å². The van der Waals surface area contributed by atoms with E-state index in [0.29, 0.717) is 5.69 Å². The third kappa shape index (κ3) is 4.23. The summed E-state index contributed by atoms with van der Waals surface area (Å²) in [6.45, 7) is 10.0. The molecule has 0 unspecified atom stereocenters. The Morgan fingerprint density at radius 3 is 2.62 bits per heavy atom. The number of aromatic nitrogens is 2.